The second kappa shape index (κ2) is 7.10. The molecule has 2 aliphatic rings. The van der Waals surface area contributed by atoms with Crippen LogP contribution in [0.25, 0.3) is 0 Å². The predicted molar refractivity (Wildman–Crippen MR) is 71.2 cm³/mol. The molecule has 104 valence electrons. The highest BCUT2D eigenvalue weighted by molar-refractivity contribution is 5.78. The average Bonchev–Trinajstić information content (AvgIpc) is 2.93. The zero-order valence-corrected chi connectivity index (χ0v) is 11.2. The van der Waals surface area contributed by atoms with Crippen molar-refractivity contribution in [2.75, 3.05) is 32.8 Å². The fraction of sp³-hybridized carbons (Fsp3) is 0.929. The Kier molecular flexibility index (Phi) is 5.45. The van der Waals surface area contributed by atoms with Crippen molar-refractivity contribution < 1.29 is 9.90 Å². The Hall–Kier alpha value is -0.610. The Bertz CT molecular complexity index is 265. The number of hydrogen-bond donors (Lipinski definition) is 2. The number of aliphatic hydroxyl groups is 1. The van der Waals surface area contributed by atoms with Crippen LogP contribution in [-0.4, -0.2) is 48.7 Å². The van der Waals surface area contributed by atoms with Crippen LogP contribution in [0.15, 0.2) is 0 Å². The summed E-state index contributed by atoms with van der Waals surface area (Å²) in [5.41, 5.74) is 0. The second-order valence-electron chi connectivity index (χ2n) is 5.71. The van der Waals surface area contributed by atoms with Crippen LogP contribution in [0.3, 0.4) is 0 Å². The van der Waals surface area contributed by atoms with Gasteiger partial charge >= 0.3 is 0 Å². The molecule has 0 aromatic carbocycles. The van der Waals surface area contributed by atoms with Gasteiger partial charge in [0.1, 0.15) is 0 Å². The fourth-order valence-corrected chi connectivity index (χ4v) is 3.24. The Labute approximate surface area is 110 Å². The predicted octanol–water partition coefficient (Wildman–Crippen LogP) is 0.997. The molecule has 4 nitrogen and oxygen atoms in total. The van der Waals surface area contributed by atoms with E-state index in [4.69, 9.17) is 0 Å². The van der Waals surface area contributed by atoms with Crippen LogP contribution >= 0.6 is 0 Å². The van der Waals surface area contributed by atoms with Gasteiger partial charge in [-0.2, -0.15) is 0 Å². The molecule has 18 heavy (non-hydrogen) atoms. The number of aliphatic hydroxyl groups excluding tert-OH is 1. The topological polar surface area (TPSA) is 52.6 Å². The summed E-state index contributed by atoms with van der Waals surface area (Å²) in [6.07, 6.45) is 7.15. The number of carbonyl (C=O) groups is 1. The first-order valence-corrected chi connectivity index (χ1v) is 7.40. The quantitative estimate of drug-likeness (QED) is 0.769. The molecule has 1 aliphatic carbocycles. The van der Waals surface area contributed by atoms with Gasteiger partial charge in [0.2, 0.25) is 5.91 Å². The van der Waals surface area contributed by atoms with Gasteiger partial charge in [0.25, 0.3) is 0 Å². The van der Waals surface area contributed by atoms with E-state index >= 15 is 0 Å². The van der Waals surface area contributed by atoms with Gasteiger partial charge in [-0.05, 0) is 44.1 Å². The van der Waals surface area contributed by atoms with Crippen molar-refractivity contribution in [1.29, 1.82) is 0 Å². The van der Waals surface area contributed by atoms with Crippen LogP contribution < -0.4 is 5.32 Å². The first-order chi connectivity index (χ1) is 8.81. The highest BCUT2D eigenvalue weighted by atomic mass is 16.3. The summed E-state index contributed by atoms with van der Waals surface area (Å²) < 4.78 is 0. The van der Waals surface area contributed by atoms with Gasteiger partial charge in [-0.25, -0.2) is 0 Å². The molecule has 2 N–H and O–H groups in total. The van der Waals surface area contributed by atoms with Crippen LogP contribution in [0.5, 0.6) is 0 Å². The molecular weight excluding hydrogens is 228 g/mol. The van der Waals surface area contributed by atoms with Gasteiger partial charge < -0.3 is 15.3 Å². The molecule has 0 radical (unpaired) electrons. The maximum Gasteiger partial charge on any atom is 0.236 e. The van der Waals surface area contributed by atoms with Crippen molar-refractivity contribution in [2.45, 2.75) is 38.5 Å². The summed E-state index contributed by atoms with van der Waals surface area (Å²) in [6.45, 7) is 3.51. The number of likely N-dealkylation sites (tertiary alicyclic amines) is 1. The largest absolute Gasteiger partial charge is 0.396 e. The number of carbonyl (C=O) groups excluding carboxylic acids is 1. The lowest BCUT2D eigenvalue weighted by Crippen LogP contribution is -2.39. The number of nitrogens with zero attached hydrogens (tertiary/aromatic N) is 1. The van der Waals surface area contributed by atoms with Crippen molar-refractivity contribution in [3.05, 3.63) is 0 Å². The molecule has 2 unspecified atom stereocenters. The monoisotopic (exact) mass is 254 g/mol. The maximum absolute atomic E-state index is 11.9. The van der Waals surface area contributed by atoms with Crippen molar-refractivity contribution in [2.24, 2.45) is 11.8 Å². The second-order valence-corrected chi connectivity index (χ2v) is 5.71. The van der Waals surface area contributed by atoms with Gasteiger partial charge in [0, 0.05) is 19.7 Å². The zero-order chi connectivity index (χ0) is 12.8. The smallest absolute Gasteiger partial charge is 0.236 e. The molecule has 0 aromatic rings. The SMILES string of the molecule is O=C(CNCC1CCCCC1CO)N1CCCC1. The van der Waals surface area contributed by atoms with Crippen LogP contribution in [-0.2, 0) is 4.79 Å². The third-order valence-corrected chi connectivity index (χ3v) is 4.44. The lowest BCUT2D eigenvalue weighted by atomic mass is 9.79. The Morgan fingerprint density at radius 3 is 2.44 bits per heavy atom. The first-order valence-electron chi connectivity index (χ1n) is 7.40. The lowest BCUT2D eigenvalue weighted by molar-refractivity contribution is -0.129. The standard InChI is InChI=1S/C14H26N2O2/c17-11-13-6-2-1-5-12(13)9-15-10-14(18)16-7-3-4-8-16/h12-13,15,17H,1-11H2. The van der Waals surface area contributed by atoms with Gasteiger partial charge in [0.15, 0.2) is 0 Å². The Morgan fingerprint density at radius 1 is 1.11 bits per heavy atom. The third-order valence-electron chi connectivity index (χ3n) is 4.44. The van der Waals surface area contributed by atoms with Gasteiger partial charge in [-0.1, -0.05) is 12.8 Å². The molecular formula is C14H26N2O2. The van der Waals surface area contributed by atoms with Crippen LogP contribution in [0, 0.1) is 11.8 Å². The van der Waals surface area contributed by atoms with Gasteiger partial charge in [0.05, 0.1) is 6.54 Å². The minimum atomic E-state index is 0.240. The van der Waals surface area contributed by atoms with E-state index < -0.39 is 0 Å². The van der Waals surface area contributed by atoms with Gasteiger partial charge in [-0.15, -0.1) is 0 Å². The van der Waals surface area contributed by atoms with E-state index in [1.807, 2.05) is 4.90 Å². The molecule has 1 saturated carbocycles. The molecule has 4 heteroatoms. The van der Waals surface area contributed by atoms with E-state index in [2.05, 4.69) is 5.32 Å². The lowest BCUT2D eigenvalue weighted by Gasteiger charge is -2.30. The highest BCUT2D eigenvalue weighted by Crippen LogP contribution is 2.28. The number of nitrogens with one attached hydrogen (secondary N) is 1. The third kappa shape index (κ3) is 3.69. The number of amides is 1. The molecule has 0 aromatic heterocycles. The minimum absolute atomic E-state index is 0.240. The average molecular weight is 254 g/mol. The molecule has 2 atom stereocenters. The summed E-state index contributed by atoms with van der Waals surface area (Å²) in [7, 11) is 0. The molecule has 2 rings (SSSR count). The van der Waals surface area contributed by atoms with Crippen molar-refractivity contribution in [3.63, 3.8) is 0 Å². The number of hydrogen-bond acceptors (Lipinski definition) is 3. The van der Waals surface area contributed by atoms with Gasteiger partial charge in [-0.3, -0.25) is 4.79 Å². The van der Waals surface area contributed by atoms with Crippen molar-refractivity contribution in [3.8, 4) is 0 Å². The first kappa shape index (κ1) is 13.8. The van der Waals surface area contributed by atoms with Crippen LogP contribution in [0.4, 0.5) is 0 Å². The zero-order valence-electron chi connectivity index (χ0n) is 11.2. The fourth-order valence-electron chi connectivity index (χ4n) is 3.24. The summed E-state index contributed by atoms with van der Waals surface area (Å²) in [5.74, 6) is 1.23. The molecule has 1 saturated heterocycles. The van der Waals surface area contributed by atoms with E-state index in [0.29, 0.717) is 25.0 Å². The molecule has 2 fully saturated rings. The summed E-state index contributed by atoms with van der Waals surface area (Å²) in [5, 5.41) is 12.6. The molecule has 0 spiro atoms. The normalized spacial score (nSPS) is 28.6. The van der Waals surface area contributed by atoms with E-state index in [-0.39, 0.29) is 5.91 Å². The summed E-state index contributed by atoms with van der Waals surface area (Å²) in [4.78, 5) is 13.8. The minimum Gasteiger partial charge on any atom is -0.396 e. The Morgan fingerprint density at radius 2 is 1.78 bits per heavy atom. The highest BCUT2D eigenvalue weighted by Gasteiger charge is 2.24. The van der Waals surface area contributed by atoms with E-state index in [1.165, 1.54) is 19.3 Å². The van der Waals surface area contributed by atoms with Crippen molar-refractivity contribution in [1.82, 2.24) is 10.2 Å². The molecule has 0 bridgehead atoms. The molecule has 1 aliphatic heterocycles. The Balaban J connectivity index is 1.65. The maximum atomic E-state index is 11.9. The summed E-state index contributed by atoms with van der Waals surface area (Å²) >= 11 is 0. The number of rotatable bonds is 5. The summed E-state index contributed by atoms with van der Waals surface area (Å²) in [6, 6.07) is 0. The van der Waals surface area contributed by atoms with Crippen LogP contribution in [0.1, 0.15) is 38.5 Å². The molecule has 1 amide bonds. The van der Waals surface area contributed by atoms with E-state index in [1.54, 1.807) is 0 Å². The van der Waals surface area contributed by atoms with E-state index in [0.717, 1.165) is 38.9 Å². The molecule has 1 heterocycles. The van der Waals surface area contributed by atoms with Crippen LogP contribution in [0.2, 0.25) is 0 Å². The van der Waals surface area contributed by atoms with E-state index in [9.17, 15) is 9.90 Å². The van der Waals surface area contributed by atoms with Crippen molar-refractivity contribution >= 4 is 5.91 Å².